The highest BCUT2D eigenvalue weighted by molar-refractivity contribution is 5.91. The molecule has 1 saturated carbocycles. The van der Waals surface area contributed by atoms with Gasteiger partial charge in [0.15, 0.2) is 29.7 Å². The molecule has 57 heavy (non-hydrogen) atoms. The number of Topliss-reactive ketones (excluding diaryl/α,β-unsaturated/α-hetero) is 1. The molecule has 11 atom stereocenters. The van der Waals surface area contributed by atoms with Gasteiger partial charge in [-0.15, -0.1) is 0 Å². The van der Waals surface area contributed by atoms with Crippen LogP contribution < -0.4 is 0 Å². The van der Waals surface area contributed by atoms with Gasteiger partial charge >= 0.3 is 35.8 Å². The molecule has 2 aliphatic heterocycles. The van der Waals surface area contributed by atoms with E-state index in [9.17, 15) is 38.7 Å². The quantitative estimate of drug-likeness (QED) is 0.230. The summed E-state index contributed by atoms with van der Waals surface area (Å²) < 4.78 is 42.5. The first-order chi connectivity index (χ1) is 26.7. The highest BCUT2D eigenvalue weighted by Crippen LogP contribution is 2.60. The van der Waals surface area contributed by atoms with Crippen molar-refractivity contribution in [3.8, 4) is 0 Å². The van der Waals surface area contributed by atoms with E-state index >= 15 is 0 Å². The molecule has 3 fully saturated rings. The van der Waals surface area contributed by atoms with Crippen molar-refractivity contribution in [3.63, 3.8) is 0 Å². The van der Waals surface area contributed by atoms with Gasteiger partial charge in [0, 0.05) is 51.1 Å². The number of fused-ring (bicyclic) bond motifs is 4. The fraction of sp³-hybridized carbons (Fsp3) is 0.512. The average Bonchev–Trinajstić information content (AvgIpc) is 3.55. The number of aliphatic hydroxyl groups is 1. The highest BCUT2D eigenvalue weighted by Gasteiger charge is 2.77. The lowest BCUT2D eigenvalue weighted by molar-refractivity contribution is -0.333. The number of benzene rings is 1. The molecule has 0 amide bonds. The Morgan fingerprint density at radius 2 is 1.35 bits per heavy atom. The van der Waals surface area contributed by atoms with Gasteiger partial charge in [0.1, 0.15) is 18.3 Å². The van der Waals surface area contributed by atoms with Crippen molar-refractivity contribution in [2.75, 3.05) is 0 Å². The van der Waals surface area contributed by atoms with Crippen LogP contribution in [-0.4, -0.2) is 99.7 Å². The summed E-state index contributed by atoms with van der Waals surface area (Å²) in [6.45, 7) is 14.3. The summed E-state index contributed by atoms with van der Waals surface area (Å²) in [6.07, 6.45) is -8.16. The molecule has 2 bridgehead atoms. The molecular formula is C41H47NO15. The van der Waals surface area contributed by atoms with Crippen LogP contribution in [-0.2, 0) is 57.1 Å². The minimum atomic E-state index is -2.75. The summed E-state index contributed by atoms with van der Waals surface area (Å²) in [4.78, 5) is 98.8. The molecule has 5 rings (SSSR count). The molecule has 3 aliphatic rings. The van der Waals surface area contributed by atoms with Crippen LogP contribution in [0.2, 0.25) is 0 Å². The van der Waals surface area contributed by atoms with Crippen LogP contribution in [0, 0.1) is 23.2 Å². The molecule has 1 aromatic heterocycles. The van der Waals surface area contributed by atoms with Crippen LogP contribution in [0.3, 0.4) is 0 Å². The zero-order chi connectivity index (χ0) is 42.2. The number of esters is 6. The van der Waals surface area contributed by atoms with Gasteiger partial charge < -0.3 is 38.3 Å². The highest BCUT2D eigenvalue weighted by atomic mass is 16.7. The number of carbonyl (C=O) groups excluding carboxylic acids is 7. The van der Waals surface area contributed by atoms with Gasteiger partial charge in [0.05, 0.1) is 23.0 Å². The van der Waals surface area contributed by atoms with Gasteiger partial charge in [-0.3, -0.25) is 29.0 Å². The van der Waals surface area contributed by atoms with Crippen LogP contribution in [0.5, 0.6) is 0 Å². The van der Waals surface area contributed by atoms with Gasteiger partial charge in [0.25, 0.3) is 0 Å². The SMILES string of the molecule is C=C1[C@@H](OC(C)=O)[C@@H](OC(=O)c2ccccc2)[C@@H](OC(=O)c2cccnc2)C(C)(C)[C@H]2O[C@](O)(C(C)C2=O)[C@@]2(OC(C)=O)C[C@H](C)[C@H](OC(C)=O)[C@@H]2[C@H]1OC(C)=O. The second kappa shape index (κ2) is 16.2. The van der Waals surface area contributed by atoms with E-state index in [-0.39, 0.29) is 23.1 Å². The lowest BCUT2D eigenvalue weighted by Crippen LogP contribution is -2.66. The third-order valence-corrected chi connectivity index (χ3v) is 10.9. The lowest BCUT2D eigenvalue weighted by Gasteiger charge is -2.49. The Morgan fingerprint density at radius 1 is 0.772 bits per heavy atom. The molecule has 1 N–H and O–H groups in total. The molecule has 3 heterocycles. The third kappa shape index (κ3) is 7.92. The van der Waals surface area contributed by atoms with E-state index in [0.717, 1.165) is 27.7 Å². The second-order valence-electron chi connectivity index (χ2n) is 15.3. The molecular weight excluding hydrogens is 746 g/mol. The lowest BCUT2D eigenvalue weighted by atomic mass is 9.68. The predicted molar refractivity (Wildman–Crippen MR) is 194 cm³/mol. The predicted octanol–water partition coefficient (Wildman–Crippen LogP) is 3.47. The normalized spacial score (nSPS) is 33.1. The monoisotopic (exact) mass is 793 g/mol. The molecule has 2 aromatic rings. The van der Waals surface area contributed by atoms with E-state index in [4.69, 9.17) is 33.2 Å². The van der Waals surface area contributed by atoms with Crippen molar-refractivity contribution in [2.45, 2.75) is 110 Å². The minimum absolute atomic E-state index is 0.0234. The van der Waals surface area contributed by atoms with Gasteiger partial charge in [-0.1, -0.05) is 52.5 Å². The standard InChI is InChI=1S/C41H47NO15/c1-20-18-40(56-26(7)46)29(31(20)51-23(4)43)32(52-24(5)44)21(2)33(53-25(6)45)34(54-37(48)27-14-11-10-12-15-27)36(55-38(49)28-16-13-17-42-19-28)39(8,9)35-30(47)22(3)41(40,50)57-35/h10-17,19-20,22,29,31-36,50H,2,18H2,1,3-9H3/t20-,22?,29+,31-,32-,33+,34+,35-,36+,40+,41+/m0/s1. The number of hydrogen-bond acceptors (Lipinski definition) is 16. The third-order valence-electron chi connectivity index (χ3n) is 10.9. The number of rotatable bonds is 8. The maximum absolute atomic E-state index is 14.7. The average molecular weight is 794 g/mol. The molecule has 2 saturated heterocycles. The Balaban J connectivity index is 1.89. The maximum Gasteiger partial charge on any atom is 0.340 e. The van der Waals surface area contributed by atoms with E-state index in [1.54, 1.807) is 25.1 Å². The van der Waals surface area contributed by atoms with Crippen LogP contribution in [0.25, 0.3) is 0 Å². The second-order valence-corrected chi connectivity index (χ2v) is 15.3. The van der Waals surface area contributed by atoms with Crippen LogP contribution in [0.1, 0.15) is 82.5 Å². The van der Waals surface area contributed by atoms with Gasteiger partial charge in [-0.05, 0) is 36.6 Å². The first kappa shape index (κ1) is 42.7. The first-order valence-electron chi connectivity index (χ1n) is 18.4. The van der Waals surface area contributed by atoms with Gasteiger partial charge in [0.2, 0.25) is 5.79 Å². The summed E-state index contributed by atoms with van der Waals surface area (Å²) >= 11 is 0. The Bertz CT molecular complexity index is 1930. The number of nitrogens with zero attached hydrogens (tertiary/aromatic N) is 1. The molecule has 16 heteroatoms. The Morgan fingerprint density at radius 3 is 1.91 bits per heavy atom. The fourth-order valence-electron chi connectivity index (χ4n) is 8.48. The smallest absolute Gasteiger partial charge is 0.340 e. The van der Waals surface area contributed by atoms with E-state index in [1.165, 1.54) is 57.4 Å². The number of pyridine rings is 1. The van der Waals surface area contributed by atoms with E-state index in [2.05, 4.69) is 11.6 Å². The molecule has 0 spiro atoms. The van der Waals surface area contributed by atoms with Crippen LogP contribution in [0.4, 0.5) is 0 Å². The van der Waals surface area contributed by atoms with Gasteiger partial charge in [-0.25, -0.2) is 9.59 Å². The maximum atomic E-state index is 14.7. The van der Waals surface area contributed by atoms with Crippen molar-refractivity contribution in [2.24, 2.45) is 23.2 Å². The fourth-order valence-corrected chi connectivity index (χ4v) is 8.48. The summed E-state index contributed by atoms with van der Waals surface area (Å²) in [5.74, 6) is -13.1. The van der Waals surface area contributed by atoms with Crippen molar-refractivity contribution < 1.29 is 71.8 Å². The van der Waals surface area contributed by atoms with Gasteiger partial charge in [-0.2, -0.15) is 0 Å². The molecule has 306 valence electrons. The number of ether oxygens (including phenoxy) is 7. The van der Waals surface area contributed by atoms with Crippen molar-refractivity contribution in [1.29, 1.82) is 0 Å². The zero-order valence-electron chi connectivity index (χ0n) is 32.9. The molecule has 0 radical (unpaired) electrons. The molecule has 1 unspecified atom stereocenters. The number of hydrogen-bond donors (Lipinski definition) is 1. The van der Waals surface area contributed by atoms with Crippen molar-refractivity contribution in [3.05, 3.63) is 78.1 Å². The van der Waals surface area contributed by atoms with Crippen LogP contribution >= 0.6 is 0 Å². The van der Waals surface area contributed by atoms with E-state index in [1.807, 2.05) is 0 Å². The Hall–Kier alpha value is -5.48. The topological polar surface area (TPSA) is 217 Å². The number of aromatic nitrogens is 1. The van der Waals surface area contributed by atoms with Crippen molar-refractivity contribution >= 4 is 41.6 Å². The van der Waals surface area contributed by atoms with E-state index < -0.39 is 113 Å². The minimum Gasteiger partial charge on any atom is -0.462 e. The first-order valence-corrected chi connectivity index (χ1v) is 18.4. The van der Waals surface area contributed by atoms with Crippen LogP contribution in [0.15, 0.2) is 67.0 Å². The Kier molecular flexibility index (Phi) is 12.1. The number of ketones is 1. The summed E-state index contributed by atoms with van der Waals surface area (Å²) in [5, 5.41) is 13.0. The molecule has 1 aliphatic carbocycles. The Labute approximate surface area is 329 Å². The number of carbonyl (C=O) groups is 7. The summed E-state index contributed by atoms with van der Waals surface area (Å²) in [5.41, 5.74) is -4.51. The largest absolute Gasteiger partial charge is 0.462 e. The summed E-state index contributed by atoms with van der Waals surface area (Å²) in [7, 11) is 0. The van der Waals surface area contributed by atoms with E-state index in [0.29, 0.717) is 0 Å². The zero-order valence-corrected chi connectivity index (χ0v) is 32.9. The summed E-state index contributed by atoms with van der Waals surface area (Å²) in [6, 6.07) is 10.5. The molecule has 16 nitrogen and oxygen atoms in total. The van der Waals surface area contributed by atoms with Crippen molar-refractivity contribution in [1.82, 2.24) is 4.98 Å². The molecule has 1 aromatic carbocycles.